The van der Waals surface area contributed by atoms with E-state index in [0.29, 0.717) is 6.61 Å². The van der Waals surface area contributed by atoms with Crippen molar-refractivity contribution < 1.29 is 5.11 Å². The van der Waals surface area contributed by atoms with E-state index in [2.05, 4.69) is 23.9 Å². The Hall–Kier alpha value is -0.120. The van der Waals surface area contributed by atoms with Crippen molar-refractivity contribution in [1.29, 1.82) is 0 Å². The minimum atomic E-state index is 0.205. The Balaban J connectivity index is 1.86. The van der Waals surface area contributed by atoms with E-state index in [0.717, 1.165) is 12.6 Å². The van der Waals surface area contributed by atoms with Gasteiger partial charge < -0.3 is 14.9 Å². The van der Waals surface area contributed by atoms with Crippen LogP contribution in [0.25, 0.3) is 0 Å². The summed E-state index contributed by atoms with van der Waals surface area (Å²) in [5.41, 5.74) is 0.205. The van der Waals surface area contributed by atoms with Crippen LogP contribution in [0.1, 0.15) is 44.9 Å². The molecule has 3 nitrogen and oxygen atoms in total. The topological polar surface area (TPSA) is 26.7 Å². The summed E-state index contributed by atoms with van der Waals surface area (Å²) in [5, 5.41) is 9.80. The lowest BCUT2D eigenvalue weighted by atomic mass is 9.74. The molecular formula is C15H30N2O. The van der Waals surface area contributed by atoms with Crippen molar-refractivity contribution >= 4 is 0 Å². The molecule has 1 heterocycles. The van der Waals surface area contributed by atoms with Crippen molar-refractivity contribution in [2.45, 2.75) is 51.0 Å². The SMILES string of the molecule is CN1CCC(N(C)CC2(CO)CCCCC2)CC1. The van der Waals surface area contributed by atoms with E-state index in [1.165, 1.54) is 58.0 Å². The molecule has 0 atom stereocenters. The van der Waals surface area contributed by atoms with Gasteiger partial charge >= 0.3 is 0 Å². The predicted molar refractivity (Wildman–Crippen MR) is 75.8 cm³/mol. The molecule has 1 aliphatic carbocycles. The maximum atomic E-state index is 9.80. The molecule has 0 aromatic rings. The average Bonchev–Trinajstić information content (AvgIpc) is 2.40. The Labute approximate surface area is 112 Å². The molecule has 3 heteroatoms. The van der Waals surface area contributed by atoms with Gasteiger partial charge in [0, 0.05) is 24.6 Å². The molecule has 0 spiro atoms. The molecule has 0 radical (unpaired) electrons. The van der Waals surface area contributed by atoms with E-state index >= 15 is 0 Å². The van der Waals surface area contributed by atoms with Crippen molar-refractivity contribution in [1.82, 2.24) is 9.80 Å². The fourth-order valence-corrected chi connectivity index (χ4v) is 3.76. The Bertz CT molecular complexity index is 243. The number of aliphatic hydroxyl groups excluding tert-OH is 1. The van der Waals surface area contributed by atoms with Crippen LogP contribution in [0.15, 0.2) is 0 Å². The Morgan fingerprint density at radius 3 is 2.33 bits per heavy atom. The molecule has 2 fully saturated rings. The monoisotopic (exact) mass is 254 g/mol. The Morgan fingerprint density at radius 2 is 1.78 bits per heavy atom. The molecule has 0 aromatic carbocycles. The first-order valence-corrected chi connectivity index (χ1v) is 7.65. The normalized spacial score (nSPS) is 26.7. The van der Waals surface area contributed by atoms with Gasteiger partial charge in [0.1, 0.15) is 0 Å². The van der Waals surface area contributed by atoms with Crippen LogP contribution in [0.3, 0.4) is 0 Å². The summed E-state index contributed by atoms with van der Waals surface area (Å²) in [6.07, 6.45) is 8.99. The molecule has 2 aliphatic rings. The fourth-order valence-electron chi connectivity index (χ4n) is 3.76. The van der Waals surface area contributed by atoms with Crippen LogP contribution in [0, 0.1) is 5.41 Å². The van der Waals surface area contributed by atoms with Crippen molar-refractivity contribution in [3.8, 4) is 0 Å². The summed E-state index contributed by atoms with van der Waals surface area (Å²) in [7, 11) is 4.48. The average molecular weight is 254 g/mol. The first-order chi connectivity index (χ1) is 8.65. The van der Waals surface area contributed by atoms with Gasteiger partial charge in [0.2, 0.25) is 0 Å². The highest BCUT2D eigenvalue weighted by Gasteiger charge is 2.34. The van der Waals surface area contributed by atoms with Gasteiger partial charge in [-0.25, -0.2) is 0 Å². The number of piperidine rings is 1. The van der Waals surface area contributed by atoms with Crippen LogP contribution in [0.4, 0.5) is 0 Å². The molecule has 0 amide bonds. The van der Waals surface area contributed by atoms with Gasteiger partial charge in [-0.15, -0.1) is 0 Å². The number of aliphatic hydroxyl groups is 1. The smallest absolute Gasteiger partial charge is 0.0499 e. The molecule has 0 aromatic heterocycles. The number of nitrogens with zero attached hydrogens (tertiary/aromatic N) is 2. The first kappa shape index (κ1) is 14.3. The van der Waals surface area contributed by atoms with Gasteiger partial charge in [0.15, 0.2) is 0 Å². The number of rotatable bonds is 4. The third-order valence-corrected chi connectivity index (χ3v) is 5.15. The van der Waals surface area contributed by atoms with Crippen molar-refractivity contribution in [2.24, 2.45) is 5.41 Å². The van der Waals surface area contributed by atoms with E-state index in [1.807, 2.05) is 0 Å². The minimum Gasteiger partial charge on any atom is -0.396 e. The molecule has 1 saturated carbocycles. The maximum absolute atomic E-state index is 9.80. The molecule has 1 N–H and O–H groups in total. The molecule has 0 bridgehead atoms. The highest BCUT2D eigenvalue weighted by molar-refractivity contribution is 4.87. The van der Waals surface area contributed by atoms with Crippen LogP contribution in [0.2, 0.25) is 0 Å². The summed E-state index contributed by atoms with van der Waals surface area (Å²) in [6.45, 7) is 3.92. The summed E-state index contributed by atoms with van der Waals surface area (Å²) in [6, 6.07) is 0.728. The summed E-state index contributed by atoms with van der Waals surface area (Å²) < 4.78 is 0. The molecular weight excluding hydrogens is 224 g/mol. The second-order valence-corrected chi connectivity index (χ2v) is 6.67. The van der Waals surface area contributed by atoms with E-state index < -0.39 is 0 Å². The number of hydrogen-bond donors (Lipinski definition) is 1. The predicted octanol–water partition coefficient (Wildman–Crippen LogP) is 1.96. The van der Waals surface area contributed by atoms with Crippen LogP contribution in [0.5, 0.6) is 0 Å². The zero-order chi connectivity index (χ0) is 13.0. The second-order valence-electron chi connectivity index (χ2n) is 6.67. The van der Waals surface area contributed by atoms with Crippen LogP contribution in [-0.4, -0.2) is 61.3 Å². The van der Waals surface area contributed by atoms with Gasteiger partial charge in [0.25, 0.3) is 0 Å². The van der Waals surface area contributed by atoms with E-state index in [9.17, 15) is 5.11 Å². The third kappa shape index (κ3) is 3.46. The zero-order valence-corrected chi connectivity index (χ0v) is 12.2. The van der Waals surface area contributed by atoms with Crippen molar-refractivity contribution in [3.05, 3.63) is 0 Å². The molecule has 1 aliphatic heterocycles. The van der Waals surface area contributed by atoms with Crippen LogP contribution < -0.4 is 0 Å². The van der Waals surface area contributed by atoms with Gasteiger partial charge in [-0.3, -0.25) is 0 Å². The Morgan fingerprint density at radius 1 is 1.17 bits per heavy atom. The summed E-state index contributed by atoms with van der Waals surface area (Å²) >= 11 is 0. The third-order valence-electron chi connectivity index (χ3n) is 5.15. The lowest BCUT2D eigenvalue weighted by Gasteiger charge is -2.43. The van der Waals surface area contributed by atoms with Crippen molar-refractivity contribution in [3.63, 3.8) is 0 Å². The quantitative estimate of drug-likeness (QED) is 0.831. The fraction of sp³-hybridized carbons (Fsp3) is 1.00. The van der Waals surface area contributed by atoms with Gasteiger partial charge in [0.05, 0.1) is 0 Å². The number of likely N-dealkylation sites (tertiary alicyclic amines) is 1. The summed E-state index contributed by atoms with van der Waals surface area (Å²) in [4.78, 5) is 4.96. The van der Waals surface area contributed by atoms with Gasteiger partial charge in [-0.2, -0.15) is 0 Å². The van der Waals surface area contributed by atoms with E-state index in [1.54, 1.807) is 0 Å². The highest BCUT2D eigenvalue weighted by Crippen LogP contribution is 2.37. The molecule has 18 heavy (non-hydrogen) atoms. The maximum Gasteiger partial charge on any atom is 0.0499 e. The zero-order valence-electron chi connectivity index (χ0n) is 12.2. The summed E-state index contributed by atoms with van der Waals surface area (Å²) in [5.74, 6) is 0. The lowest BCUT2D eigenvalue weighted by molar-refractivity contribution is 0.0247. The molecule has 1 saturated heterocycles. The highest BCUT2D eigenvalue weighted by atomic mass is 16.3. The van der Waals surface area contributed by atoms with Gasteiger partial charge in [-0.05, 0) is 52.9 Å². The minimum absolute atomic E-state index is 0.205. The van der Waals surface area contributed by atoms with Gasteiger partial charge in [-0.1, -0.05) is 19.3 Å². The van der Waals surface area contributed by atoms with E-state index in [-0.39, 0.29) is 5.41 Å². The van der Waals surface area contributed by atoms with Crippen LogP contribution in [-0.2, 0) is 0 Å². The number of hydrogen-bond acceptors (Lipinski definition) is 3. The largest absolute Gasteiger partial charge is 0.396 e. The van der Waals surface area contributed by atoms with Crippen LogP contribution >= 0.6 is 0 Å². The van der Waals surface area contributed by atoms with Crippen molar-refractivity contribution in [2.75, 3.05) is 40.3 Å². The molecule has 106 valence electrons. The lowest BCUT2D eigenvalue weighted by Crippen LogP contribution is -2.47. The molecule has 0 unspecified atom stereocenters. The Kier molecular flexibility index (Phi) is 5.05. The first-order valence-electron chi connectivity index (χ1n) is 7.65. The molecule has 2 rings (SSSR count). The second kappa shape index (κ2) is 6.36. The standard InChI is InChI=1S/C15H30N2O/c1-16-10-6-14(7-11-16)17(2)12-15(13-18)8-4-3-5-9-15/h14,18H,3-13H2,1-2H3. The van der Waals surface area contributed by atoms with E-state index in [4.69, 9.17) is 0 Å².